The first-order valence-electron chi connectivity index (χ1n) is 4.45. The van der Waals surface area contributed by atoms with Crippen LogP contribution < -0.4 is 0 Å². The fraction of sp³-hybridized carbons (Fsp3) is 0.778. The molecule has 1 heterocycles. The summed E-state index contributed by atoms with van der Waals surface area (Å²) in [6.45, 7) is 1.15. The monoisotopic (exact) mass is 199 g/mol. The molecule has 5 nitrogen and oxygen atoms in total. The van der Waals surface area contributed by atoms with E-state index in [9.17, 15) is 9.59 Å². The van der Waals surface area contributed by atoms with Gasteiger partial charge in [-0.3, -0.25) is 4.79 Å². The highest BCUT2D eigenvalue weighted by Crippen LogP contribution is 2.32. The molecule has 0 aliphatic carbocycles. The maximum Gasteiger partial charge on any atom is 0.313 e. The average Bonchev–Trinajstić information content (AvgIpc) is 2.26. The molecular weight excluding hydrogens is 186 g/mol. The highest BCUT2D eigenvalue weighted by molar-refractivity contribution is 5.77. The predicted molar refractivity (Wildman–Crippen MR) is 47.5 cm³/mol. The van der Waals surface area contributed by atoms with E-state index >= 15 is 0 Å². The molecule has 78 valence electrons. The molecule has 0 saturated carbocycles. The normalized spacial score (nSPS) is 19.5. The van der Waals surface area contributed by atoms with Crippen LogP contribution in [0.2, 0.25) is 0 Å². The molecule has 0 amide bonds. The molecule has 0 aromatic heterocycles. The first-order chi connectivity index (χ1) is 6.75. The van der Waals surface area contributed by atoms with Gasteiger partial charge in [-0.1, -0.05) is 0 Å². The minimum absolute atomic E-state index is 0.145. The number of carbonyl (C=O) groups is 1. The highest BCUT2D eigenvalue weighted by Gasteiger charge is 2.41. The van der Waals surface area contributed by atoms with Crippen molar-refractivity contribution in [1.82, 2.24) is 0 Å². The molecule has 1 rings (SSSR count). The molecule has 0 aromatic rings. The maximum atomic E-state index is 11.5. The van der Waals surface area contributed by atoms with Crippen molar-refractivity contribution in [2.45, 2.75) is 12.8 Å². The predicted octanol–water partition coefficient (Wildman–Crippen LogP) is 0.292. The lowest BCUT2D eigenvalue weighted by Crippen LogP contribution is -2.40. The van der Waals surface area contributed by atoms with Crippen LogP contribution in [-0.2, 0) is 19.1 Å². The van der Waals surface area contributed by atoms with Gasteiger partial charge in [-0.05, 0) is 12.8 Å². The van der Waals surface area contributed by atoms with Crippen LogP contribution in [0.1, 0.15) is 12.8 Å². The molecule has 0 radical (unpaired) electrons. The fourth-order valence-electron chi connectivity index (χ4n) is 1.59. The number of nitrogens with zero attached hydrogens (tertiary/aromatic N) is 1. The zero-order valence-corrected chi connectivity index (χ0v) is 8.12. The van der Waals surface area contributed by atoms with E-state index in [1.807, 2.05) is 0 Å². The number of isocyanates is 1. The Bertz CT molecular complexity index is 252. The second-order valence-corrected chi connectivity index (χ2v) is 3.29. The molecule has 1 fully saturated rings. The molecule has 0 atom stereocenters. The summed E-state index contributed by atoms with van der Waals surface area (Å²) in [5.74, 6) is -0.320. The maximum absolute atomic E-state index is 11.5. The smallest absolute Gasteiger partial charge is 0.313 e. The van der Waals surface area contributed by atoms with E-state index in [0.717, 1.165) is 0 Å². The third kappa shape index (κ3) is 2.19. The molecule has 1 aliphatic heterocycles. The summed E-state index contributed by atoms with van der Waals surface area (Å²) < 4.78 is 9.86. The third-order valence-corrected chi connectivity index (χ3v) is 2.51. The Labute approximate surface area is 82.1 Å². The van der Waals surface area contributed by atoms with Crippen LogP contribution in [0, 0.1) is 5.41 Å². The standard InChI is InChI=1S/C9H13NO4/c1-13-8(12)9(6-10-7-11)2-4-14-5-3-9/h2-6H2,1H3. The van der Waals surface area contributed by atoms with E-state index in [1.54, 1.807) is 0 Å². The SMILES string of the molecule is COC(=O)C1(CN=C=O)CCOCC1. The Morgan fingerprint density at radius 3 is 2.71 bits per heavy atom. The van der Waals surface area contributed by atoms with Crippen molar-refractivity contribution < 1.29 is 19.1 Å². The van der Waals surface area contributed by atoms with Gasteiger partial charge in [0, 0.05) is 13.2 Å². The minimum Gasteiger partial charge on any atom is -0.469 e. The summed E-state index contributed by atoms with van der Waals surface area (Å²) in [6.07, 6.45) is 2.54. The van der Waals surface area contributed by atoms with Gasteiger partial charge in [-0.2, -0.15) is 0 Å². The number of hydrogen-bond acceptors (Lipinski definition) is 5. The Hall–Kier alpha value is -1.19. The number of rotatable bonds is 3. The molecule has 1 aliphatic rings. The number of aliphatic imine (C=N–C) groups is 1. The molecule has 5 heteroatoms. The molecule has 1 saturated heterocycles. The second-order valence-electron chi connectivity index (χ2n) is 3.29. The van der Waals surface area contributed by atoms with E-state index in [-0.39, 0.29) is 12.5 Å². The van der Waals surface area contributed by atoms with Crippen LogP contribution in [0.3, 0.4) is 0 Å². The quantitative estimate of drug-likeness (QED) is 0.372. The van der Waals surface area contributed by atoms with E-state index in [4.69, 9.17) is 9.47 Å². The van der Waals surface area contributed by atoms with Crippen LogP contribution in [0.5, 0.6) is 0 Å². The molecule has 0 N–H and O–H groups in total. The highest BCUT2D eigenvalue weighted by atomic mass is 16.5. The van der Waals surface area contributed by atoms with Crippen molar-refractivity contribution in [2.75, 3.05) is 26.9 Å². The summed E-state index contributed by atoms with van der Waals surface area (Å²) in [7, 11) is 1.34. The largest absolute Gasteiger partial charge is 0.469 e. The van der Waals surface area contributed by atoms with E-state index < -0.39 is 5.41 Å². The van der Waals surface area contributed by atoms with Gasteiger partial charge < -0.3 is 9.47 Å². The number of esters is 1. The van der Waals surface area contributed by atoms with Crippen LogP contribution in [-0.4, -0.2) is 38.9 Å². The Morgan fingerprint density at radius 1 is 1.57 bits per heavy atom. The first-order valence-corrected chi connectivity index (χ1v) is 4.45. The van der Waals surface area contributed by atoms with Gasteiger partial charge in [0.1, 0.15) is 0 Å². The Kier molecular flexibility index (Phi) is 3.80. The lowest BCUT2D eigenvalue weighted by molar-refractivity contribution is -0.157. The molecular formula is C9H13NO4. The summed E-state index contributed by atoms with van der Waals surface area (Å²) in [5.41, 5.74) is -0.676. The molecule has 14 heavy (non-hydrogen) atoms. The van der Waals surface area contributed by atoms with Crippen LogP contribution in [0.4, 0.5) is 0 Å². The average molecular weight is 199 g/mol. The van der Waals surface area contributed by atoms with Gasteiger partial charge in [0.15, 0.2) is 0 Å². The summed E-state index contributed by atoms with van der Waals surface area (Å²) in [6, 6.07) is 0. The van der Waals surface area contributed by atoms with Crippen molar-refractivity contribution in [3.63, 3.8) is 0 Å². The first kappa shape index (κ1) is 10.9. The van der Waals surface area contributed by atoms with Gasteiger partial charge in [-0.15, -0.1) is 0 Å². The van der Waals surface area contributed by atoms with Crippen molar-refractivity contribution in [2.24, 2.45) is 10.4 Å². The zero-order chi connectivity index (χ0) is 10.4. The summed E-state index contributed by atoms with van der Waals surface area (Å²) in [4.78, 5) is 25.0. The minimum atomic E-state index is -0.676. The van der Waals surface area contributed by atoms with Gasteiger partial charge in [0.05, 0.1) is 19.1 Å². The molecule has 0 bridgehead atoms. The molecule has 0 unspecified atom stereocenters. The van der Waals surface area contributed by atoms with Crippen molar-refractivity contribution in [3.8, 4) is 0 Å². The topological polar surface area (TPSA) is 65.0 Å². The summed E-state index contributed by atoms with van der Waals surface area (Å²) >= 11 is 0. The van der Waals surface area contributed by atoms with E-state index in [2.05, 4.69) is 4.99 Å². The molecule has 0 spiro atoms. The number of ether oxygens (including phenoxy) is 2. The van der Waals surface area contributed by atoms with E-state index in [1.165, 1.54) is 13.2 Å². The number of carbonyl (C=O) groups excluding carboxylic acids is 2. The van der Waals surface area contributed by atoms with Gasteiger partial charge >= 0.3 is 5.97 Å². The van der Waals surface area contributed by atoms with Crippen molar-refractivity contribution >= 4 is 12.0 Å². The van der Waals surface area contributed by atoms with Crippen molar-refractivity contribution in [3.05, 3.63) is 0 Å². The summed E-state index contributed by atoms with van der Waals surface area (Å²) in [5, 5.41) is 0. The van der Waals surface area contributed by atoms with Gasteiger partial charge in [0.2, 0.25) is 6.08 Å². The second kappa shape index (κ2) is 4.88. The van der Waals surface area contributed by atoms with Crippen LogP contribution >= 0.6 is 0 Å². The fourth-order valence-corrected chi connectivity index (χ4v) is 1.59. The number of hydrogen-bond donors (Lipinski definition) is 0. The molecule has 0 aromatic carbocycles. The van der Waals surface area contributed by atoms with Crippen LogP contribution in [0.15, 0.2) is 4.99 Å². The lowest BCUT2D eigenvalue weighted by atomic mass is 9.80. The number of methoxy groups -OCH3 is 1. The van der Waals surface area contributed by atoms with Crippen molar-refractivity contribution in [1.29, 1.82) is 0 Å². The Balaban J connectivity index is 2.76. The van der Waals surface area contributed by atoms with Gasteiger partial charge in [-0.25, -0.2) is 9.79 Å². The van der Waals surface area contributed by atoms with Gasteiger partial charge in [0.25, 0.3) is 0 Å². The lowest BCUT2D eigenvalue weighted by Gasteiger charge is -2.32. The van der Waals surface area contributed by atoms with E-state index in [0.29, 0.717) is 26.1 Å². The zero-order valence-electron chi connectivity index (χ0n) is 8.12. The Morgan fingerprint density at radius 2 is 2.21 bits per heavy atom. The van der Waals surface area contributed by atoms with Crippen LogP contribution in [0.25, 0.3) is 0 Å². The third-order valence-electron chi connectivity index (χ3n) is 2.51.